The van der Waals surface area contributed by atoms with Gasteiger partial charge in [0.2, 0.25) is 0 Å². The highest BCUT2D eigenvalue weighted by molar-refractivity contribution is 6.08. The van der Waals surface area contributed by atoms with E-state index in [-0.39, 0.29) is 12.5 Å². The number of likely N-dealkylation sites (tertiary alicyclic amines) is 1. The van der Waals surface area contributed by atoms with E-state index in [0.29, 0.717) is 35.7 Å². The molecular formula is C22H25N3O3. The number of methoxy groups -OCH3 is 2. The smallest absolute Gasteiger partial charge is 0.254 e. The van der Waals surface area contributed by atoms with Crippen LogP contribution in [0.15, 0.2) is 54.1 Å². The van der Waals surface area contributed by atoms with E-state index < -0.39 is 0 Å². The lowest BCUT2D eigenvalue weighted by molar-refractivity contribution is 0.0775. The van der Waals surface area contributed by atoms with Crippen molar-refractivity contribution in [2.45, 2.75) is 6.42 Å². The summed E-state index contributed by atoms with van der Waals surface area (Å²) in [5.41, 5.74) is 3.92. The van der Waals surface area contributed by atoms with Crippen molar-refractivity contribution in [3.05, 3.63) is 65.2 Å². The molecule has 0 unspecified atom stereocenters. The van der Waals surface area contributed by atoms with Crippen molar-refractivity contribution in [1.29, 1.82) is 5.41 Å². The second-order valence-corrected chi connectivity index (χ2v) is 6.49. The minimum Gasteiger partial charge on any atom is -0.493 e. The lowest BCUT2D eigenvalue weighted by Gasteiger charge is -2.31. The first-order valence-corrected chi connectivity index (χ1v) is 9.14. The Hall–Kier alpha value is -3.28. The molecule has 6 nitrogen and oxygen atoms in total. The zero-order valence-corrected chi connectivity index (χ0v) is 16.4. The molecular weight excluding hydrogens is 354 g/mol. The van der Waals surface area contributed by atoms with Gasteiger partial charge in [0.15, 0.2) is 11.5 Å². The summed E-state index contributed by atoms with van der Waals surface area (Å²) < 4.78 is 10.5. The van der Waals surface area contributed by atoms with Gasteiger partial charge in [-0.25, -0.2) is 0 Å². The Morgan fingerprint density at radius 2 is 1.75 bits per heavy atom. The van der Waals surface area contributed by atoms with Crippen LogP contribution in [0.4, 0.5) is 0 Å². The van der Waals surface area contributed by atoms with E-state index in [4.69, 9.17) is 14.9 Å². The van der Waals surface area contributed by atoms with Crippen molar-refractivity contribution >= 4 is 17.3 Å². The molecule has 1 fully saturated rings. The van der Waals surface area contributed by atoms with E-state index in [0.717, 1.165) is 16.8 Å². The van der Waals surface area contributed by atoms with Gasteiger partial charge in [-0.3, -0.25) is 4.79 Å². The molecule has 1 amide bonds. The summed E-state index contributed by atoms with van der Waals surface area (Å²) >= 11 is 0. The second kappa shape index (κ2) is 8.61. The summed E-state index contributed by atoms with van der Waals surface area (Å²) in [7, 11) is 4.97. The molecule has 0 aliphatic carbocycles. The van der Waals surface area contributed by atoms with E-state index in [1.807, 2.05) is 37.4 Å². The molecule has 0 spiro atoms. The van der Waals surface area contributed by atoms with Crippen molar-refractivity contribution < 1.29 is 14.3 Å². The van der Waals surface area contributed by atoms with Crippen LogP contribution in [0.25, 0.3) is 5.70 Å². The van der Waals surface area contributed by atoms with Gasteiger partial charge in [-0.15, -0.1) is 0 Å². The number of hydrogen-bond donors (Lipinski definition) is 2. The fourth-order valence-corrected chi connectivity index (χ4v) is 3.44. The zero-order valence-electron chi connectivity index (χ0n) is 16.4. The Morgan fingerprint density at radius 1 is 1.04 bits per heavy atom. The topological polar surface area (TPSA) is 74.7 Å². The molecule has 1 heterocycles. The molecule has 1 aliphatic rings. The third kappa shape index (κ3) is 3.86. The van der Waals surface area contributed by atoms with Crippen molar-refractivity contribution in [3.8, 4) is 11.5 Å². The van der Waals surface area contributed by atoms with Gasteiger partial charge in [-0.05, 0) is 30.2 Å². The first-order chi connectivity index (χ1) is 13.6. The molecule has 1 aliphatic heterocycles. The van der Waals surface area contributed by atoms with Gasteiger partial charge in [0.1, 0.15) is 0 Å². The molecule has 0 saturated carbocycles. The Morgan fingerprint density at radius 3 is 2.36 bits per heavy atom. The Balaban J connectivity index is 1.81. The monoisotopic (exact) mass is 379 g/mol. The quantitative estimate of drug-likeness (QED) is 0.837. The van der Waals surface area contributed by atoms with E-state index in [9.17, 15) is 4.79 Å². The van der Waals surface area contributed by atoms with Crippen molar-refractivity contribution in [2.75, 3.05) is 34.4 Å². The third-order valence-electron chi connectivity index (χ3n) is 4.88. The number of carbonyl (C=O) groups excluding carboxylic acids is 1. The first-order valence-electron chi connectivity index (χ1n) is 9.14. The Bertz CT molecular complexity index is 906. The van der Waals surface area contributed by atoms with Gasteiger partial charge in [0, 0.05) is 30.4 Å². The lowest BCUT2D eigenvalue weighted by Crippen LogP contribution is -2.41. The molecule has 0 bridgehead atoms. The number of carbonyl (C=O) groups is 1. The standard InChI is InChI=1S/C22H25N3O3/c1-24-21(15-7-5-4-6-8-15)17-11-12-25(14-18(17)23)22(26)16-9-10-19(27-2)20(13-16)28-3/h4-10,13,23-24H,11-12,14H2,1-3H3/b21-17-,23-18?. The molecule has 0 atom stereocenters. The van der Waals surface area contributed by atoms with Crippen LogP contribution in [0, 0.1) is 5.41 Å². The van der Waals surface area contributed by atoms with Crippen LogP contribution < -0.4 is 14.8 Å². The Labute approximate surface area is 165 Å². The summed E-state index contributed by atoms with van der Waals surface area (Å²) in [5, 5.41) is 11.7. The summed E-state index contributed by atoms with van der Waals surface area (Å²) in [4.78, 5) is 14.6. The summed E-state index contributed by atoms with van der Waals surface area (Å²) in [6, 6.07) is 15.1. The van der Waals surface area contributed by atoms with Gasteiger partial charge >= 0.3 is 0 Å². The van der Waals surface area contributed by atoms with Crippen LogP contribution in [0.3, 0.4) is 0 Å². The van der Waals surface area contributed by atoms with E-state index in [2.05, 4.69) is 5.32 Å². The second-order valence-electron chi connectivity index (χ2n) is 6.49. The van der Waals surface area contributed by atoms with Crippen molar-refractivity contribution in [3.63, 3.8) is 0 Å². The van der Waals surface area contributed by atoms with Gasteiger partial charge in [0.05, 0.1) is 26.5 Å². The zero-order chi connectivity index (χ0) is 20.1. The highest BCUT2D eigenvalue weighted by Crippen LogP contribution is 2.29. The summed E-state index contributed by atoms with van der Waals surface area (Å²) in [6.45, 7) is 0.837. The number of ether oxygens (including phenoxy) is 2. The molecule has 28 heavy (non-hydrogen) atoms. The number of benzene rings is 2. The maximum Gasteiger partial charge on any atom is 0.254 e. The van der Waals surface area contributed by atoms with Crippen LogP contribution in [0.1, 0.15) is 22.3 Å². The molecule has 0 aromatic heterocycles. The molecule has 6 heteroatoms. The van der Waals surface area contributed by atoms with Gasteiger partial charge in [-0.2, -0.15) is 0 Å². The number of piperidine rings is 1. The van der Waals surface area contributed by atoms with Crippen LogP contribution in [-0.2, 0) is 0 Å². The molecule has 2 aromatic rings. The number of nitrogens with one attached hydrogen (secondary N) is 2. The minimum absolute atomic E-state index is 0.115. The molecule has 3 rings (SSSR count). The minimum atomic E-state index is -0.115. The van der Waals surface area contributed by atoms with Gasteiger partial charge < -0.3 is 25.1 Å². The fraction of sp³-hybridized carbons (Fsp3) is 0.273. The van der Waals surface area contributed by atoms with E-state index in [1.54, 1.807) is 37.3 Å². The Kier molecular flexibility index (Phi) is 5.99. The molecule has 1 saturated heterocycles. The van der Waals surface area contributed by atoms with E-state index in [1.165, 1.54) is 0 Å². The first kappa shape index (κ1) is 19.5. The average Bonchev–Trinajstić information content (AvgIpc) is 2.75. The molecule has 2 N–H and O–H groups in total. The highest BCUT2D eigenvalue weighted by atomic mass is 16.5. The number of nitrogens with zero attached hydrogens (tertiary/aromatic N) is 1. The highest BCUT2D eigenvalue weighted by Gasteiger charge is 2.26. The number of amides is 1. The third-order valence-corrected chi connectivity index (χ3v) is 4.88. The van der Waals surface area contributed by atoms with Crippen LogP contribution in [0.5, 0.6) is 11.5 Å². The van der Waals surface area contributed by atoms with E-state index >= 15 is 0 Å². The van der Waals surface area contributed by atoms with Crippen LogP contribution in [-0.4, -0.2) is 50.9 Å². The van der Waals surface area contributed by atoms with Crippen LogP contribution >= 0.6 is 0 Å². The number of rotatable bonds is 5. The van der Waals surface area contributed by atoms with Gasteiger partial charge in [0.25, 0.3) is 5.91 Å². The largest absolute Gasteiger partial charge is 0.493 e. The van der Waals surface area contributed by atoms with Gasteiger partial charge in [-0.1, -0.05) is 30.3 Å². The summed E-state index contributed by atoms with van der Waals surface area (Å²) in [5.74, 6) is 0.982. The predicted molar refractivity (Wildman–Crippen MR) is 110 cm³/mol. The lowest BCUT2D eigenvalue weighted by atomic mass is 9.95. The normalized spacial score (nSPS) is 15.8. The van der Waals surface area contributed by atoms with Crippen molar-refractivity contribution in [1.82, 2.24) is 10.2 Å². The number of hydrogen-bond acceptors (Lipinski definition) is 5. The maximum absolute atomic E-state index is 12.9. The average molecular weight is 379 g/mol. The molecule has 2 aromatic carbocycles. The summed E-state index contributed by atoms with van der Waals surface area (Å²) in [6.07, 6.45) is 0.628. The predicted octanol–water partition coefficient (Wildman–Crippen LogP) is 3.20. The maximum atomic E-state index is 12.9. The SMILES string of the molecule is CN/C(=C1/CCN(C(=O)c2ccc(OC)c(OC)c2)CC1=N)c1ccccc1. The van der Waals surface area contributed by atoms with Crippen molar-refractivity contribution in [2.24, 2.45) is 0 Å². The molecule has 0 radical (unpaired) electrons. The van der Waals surface area contributed by atoms with Crippen LogP contribution in [0.2, 0.25) is 0 Å². The fourth-order valence-electron chi connectivity index (χ4n) is 3.44. The molecule has 146 valence electrons.